The van der Waals surface area contributed by atoms with Crippen LogP contribution in [0.2, 0.25) is 0 Å². The summed E-state index contributed by atoms with van der Waals surface area (Å²) in [4.78, 5) is 12.2. The summed E-state index contributed by atoms with van der Waals surface area (Å²) in [6.07, 6.45) is 1.56. The van der Waals surface area contributed by atoms with Crippen molar-refractivity contribution in [2.75, 3.05) is 0 Å². The van der Waals surface area contributed by atoms with Crippen LogP contribution in [0.15, 0.2) is 48.5 Å². The van der Waals surface area contributed by atoms with E-state index in [1.165, 1.54) is 32.5 Å². The highest BCUT2D eigenvalue weighted by molar-refractivity contribution is 6.27. The number of ketones is 1. The second-order valence-corrected chi connectivity index (χ2v) is 5.69. The van der Waals surface area contributed by atoms with Crippen LogP contribution in [0.25, 0.3) is 32.3 Å². The average molecular weight is 256 g/mol. The third kappa shape index (κ3) is 1.11. The summed E-state index contributed by atoms with van der Waals surface area (Å²) in [6.45, 7) is 0. The second kappa shape index (κ2) is 3.37. The maximum Gasteiger partial charge on any atom is 0.164 e. The van der Waals surface area contributed by atoms with Gasteiger partial charge >= 0.3 is 0 Å². The molecule has 0 atom stereocenters. The largest absolute Gasteiger partial charge is 0.294 e. The molecule has 0 N–H and O–H groups in total. The highest BCUT2D eigenvalue weighted by Gasteiger charge is 2.23. The number of carbonyl (C=O) groups excluding carboxylic acids is 1. The summed E-state index contributed by atoms with van der Waals surface area (Å²) in [5.74, 6) is 0.304. The van der Waals surface area contributed by atoms with E-state index in [1.807, 2.05) is 0 Å². The van der Waals surface area contributed by atoms with Gasteiger partial charge in [-0.2, -0.15) is 0 Å². The Kier molecular flexibility index (Phi) is 1.75. The molecule has 0 aliphatic heterocycles. The normalized spacial score (nSPS) is 14.7. The number of fused-ring (bicyclic) bond motifs is 2. The summed E-state index contributed by atoms with van der Waals surface area (Å²) in [6, 6.07) is 17.3. The van der Waals surface area contributed by atoms with Crippen LogP contribution in [0.3, 0.4) is 0 Å². The summed E-state index contributed by atoms with van der Waals surface area (Å²) >= 11 is 0. The van der Waals surface area contributed by atoms with Crippen molar-refractivity contribution in [3.05, 3.63) is 59.7 Å². The van der Waals surface area contributed by atoms with Crippen LogP contribution >= 0.6 is 0 Å². The van der Waals surface area contributed by atoms with E-state index >= 15 is 0 Å². The monoisotopic (exact) mass is 256 g/mol. The number of hydrogen-bond donors (Lipinski definition) is 0. The molecule has 1 nitrogen and oxygen atoms in total. The minimum Gasteiger partial charge on any atom is -0.294 e. The quantitative estimate of drug-likeness (QED) is 0.416. The molecule has 0 fully saturated rings. The van der Waals surface area contributed by atoms with E-state index < -0.39 is 0 Å². The Morgan fingerprint density at radius 3 is 2.35 bits per heavy atom. The molecule has 0 radical (unpaired) electrons. The summed E-state index contributed by atoms with van der Waals surface area (Å²) < 4.78 is 0. The minimum absolute atomic E-state index is 0.304. The van der Waals surface area contributed by atoms with Gasteiger partial charge in [-0.1, -0.05) is 48.5 Å². The molecule has 1 aliphatic rings. The van der Waals surface area contributed by atoms with E-state index in [4.69, 9.17) is 0 Å². The zero-order valence-electron chi connectivity index (χ0n) is 10.9. The van der Waals surface area contributed by atoms with Gasteiger partial charge in [0.2, 0.25) is 0 Å². The number of aryl methyl sites for hydroxylation is 1. The van der Waals surface area contributed by atoms with Crippen molar-refractivity contribution in [1.29, 1.82) is 0 Å². The first-order valence-electron chi connectivity index (χ1n) is 7.05. The van der Waals surface area contributed by atoms with Crippen molar-refractivity contribution in [3.8, 4) is 0 Å². The molecule has 0 unspecified atom stereocenters. The first kappa shape index (κ1) is 10.4. The maximum atomic E-state index is 12.2. The zero-order chi connectivity index (χ0) is 13.3. The third-order valence-electron chi connectivity index (χ3n) is 4.63. The molecular formula is C19H12O. The van der Waals surface area contributed by atoms with Gasteiger partial charge in [-0.3, -0.25) is 4.79 Å². The minimum atomic E-state index is 0.304. The molecule has 0 spiro atoms. The van der Waals surface area contributed by atoms with Crippen LogP contribution < -0.4 is 0 Å². The smallest absolute Gasteiger partial charge is 0.164 e. The van der Waals surface area contributed by atoms with Crippen molar-refractivity contribution in [3.63, 3.8) is 0 Å². The van der Waals surface area contributed by atoms with Crippen LogP contribution in [0.5, 0.6) is 0 Å². The third-order valence-corrected chi connectivity index (χ3v) is 4.63. The van der Waals surface area contributed by atoms with Crippen LogP contribution in [0, 0.1) is 0 Å². The lowest BCUT2D eigenvalue weighted by molar-refractivity contribution is 0.0996. The van der Waals surface area contributed by atoms with Crippen LogP contribution in [0.1, 0.15) is 22.3 Å². The molecular weight excluding hydrogens is 244 g/mol. The predicted octanol–water partition coefficient (Wildman–Crippen LogP) is 4.71. The maximum absolute atomic E-state index is 12.2. The summed E-state index contributed by atoms with van der Waals surface area (Å²) in [5, 5.41) is 7.47. The summed E-state index contributed by atoms with van der Waals surface area (Å²) in [5.41, 5.74) is 2.19. The first-order valence-corrected chi connectivity index (χ1v) is 7.05. The zero-order valence-corrected chi connectivity index (χ0v) is 10.9. The van der Waals surface area contributed by atoms with Crippen molar-refractivity contribution >= 4 is 38.1 Å². The molecule has 0 aromatic heterocycles. The number of benzene rings is 4. The molecule has 94 valence electrons. The van der Waals surface area contributed by atoms with Crippen molar-refractivity contribution in [2.45, 2.75) is 12.8 Å². The molecule has 4 aromatic rings. The molecule has 1 aliphatic carbocycles. The Morgan fingerprint density at radius 1 is 0.750 bits per heavy atom. The highest BCUT2D eigenvalue weighted by atomic mass is 16.1. The fourth-order valence-corrected chi connectivity index (χ4v) is 3.77. The standard InChI is InChI=1S/C19H12O/c20-16-9-7-13-10-14-5-4-11-2-1-3-12-6-8-15(18(13)16)19(14)17(11)12/h1-6,8,10H,7,9H2. The van der Waals surface area contributed by atoms with Gasteiger partial charge in [0.1, 0.15) is 0 Å². The first-order chi connectivity index (χ1) is 9.83. The van der Waals surface area contributed by atoms with E-state index in [0.29, 0.717) is 12.2 Å². The molecule has 0 heterocycles. The van der Waals surface area contributed by atoms with E-state index in [-0.39, 0.29) is 0 Å². The molecule has 4 aromatic carbocycles. The SMILES string of the molecule is O=C1CCc2cc3ccc4cccc5ccc(c21)c3c45. The van der Waals surface area contributed by atoms with Crippen molar-refractivity contribution < 1.29 is 4.79 Å². The van der Waals surface area contributed by atoms with Crippen LogP contribution in [-0.2, 0) is 6.42 Å². The van der Waals surface area contributed by atoms with Gasteiger partial charge in [0.25, 0.3) is 0 Å². The Hall–Kier alpha value is -2.41. The molecule has 0 saturated heterocycles. The number of Topliss-reactive ketones (excluding diaryl/α,β-unsaturated/α-hetero) is 1. The summed E-state index contributed by atoms with van der Waals surface area (Å²) in [7, 11) is 0. The lowest BCUT2D eigenvalue weighted by atomic mass is 9.90. The van der Waals surface area contributed by atoms with Crippen molar-refractivity contribution in [2.24, 2.45) is 0 Å². The predicted molar refractivity (Wildman–Crippen MR) is 82.8 cm³/mol. The van der Waals surface area contributed by atoms with Gasteiger partial charge in [-0.05, 0) is 44.3 Å². The van der Waals surface area contributed by atoms with Gasteiger partial charge in [0.15, 0.2) is 5.78 Å². The molecule has 1 heteroatoms. The van der Waals surface area contributed by atoms with Gasteiger partial charge in [-0.25, -0.2) is 0 Å². The number of hydrogen-bond acceptors (Lipinski definition) is 1. The Balaban J connectivity index is 2.16. The molecule has 5 rings (SSSR count). The van der Waals surface area contributed by atoms with E-state index in [2.05, 4.69) is 48.5 Å². The molecule has 0 amide bonds. The lowest BCUT2D eigenvalue weighted by Crippen LogP contribution is -1.95. The Labute approximate surface area is 116 Å². The van der Waals surface area contributed by atoms with E-state index in [9.17, 15) is 4.79 Å². The van der Waals surface area contributed by atoms with E-state index in [1.54, 1.807) is 0 Å². The number of rotatable bonds is 0. The second-order valence-electron chi connectivity index (χ2n) is 5.69. The topological polar surface area (TPSA) is 17.1 Å². The Bertz CT molecular complexity index is 995. The van der Waals surface area contributed by atoms with Crippen LogP contribution in [0.4, 0.5) is 0 Å². The van der Waals surface area contributed by atoms with Crippen molar-refractivity contribution in [1.82, 2.24) is 0 Å². The van der Waals surface area contributed by atoms with Gasteiger partial charge in [0, 0.05) is 12.0 Å². The average Bonchev–Trinajstić information content (AvgIpc) is 2.86. The number of carbonyl (C=O) groups is 1. The van der Waals surface area contributed by atoms with Gasteiger partial charge < -0.3 is 0 Å². The fourth-order valence-electron chi connectivity index (χ4n) is 3.77. The lowest BCUT2D eigenvalue weighted by Gasteiger charge is -2.13. The van der Waals surface area contributed by atoms with E-state index in [0.717, 1.165) is 17.4 Å². The van der Waals surface area contributed by atoms with Crippen LogP contribution in [-0.4, -0.2) is 5.78 Å². The Morgan fingerprint density at radius 2 is 1.50 bits per heavy atom. The molecule has 0 saturated carbocycles. The molecule has 0 bridgehead atoms. The van der Waals surface area contributed by atoms with Gasteiger partial charge in [-0.15, -0.1) is 0 Å². The van der Waals surface area contributed by atoms with Gasteiger partial charge in [0.05, 0.1) is 0 Å². The fraction of sp³-hybridized carbons (Fsp3) is 0.105. The molecule has 20 heavy (non-hydrogen) atoms. The highest BCUT2D eigenvalue weighted by Crippen LogP contribution is 2.39.